The number of hydrogen-bond donors (Lipinski definition) is 2. The second kappa shape index (κ2) is 5.94. The number of hydrazine groups is 1. The van der Waals surface area contributed by atoms with Gasteiger partial charge in [0.25, 0.3) is 5.91 Å². The number of halogens is 1. The normalized spacial score (nSPS) is 10.1. The Labute approximate surface area is 116 Å². The molecule has 0 aliphatic carbocycles. The SMILES string of the molecule is NNC(=O)c1nc(COc2cccc(Br)c2)cs1. The molecule has 0 atom stereocenters. The van der Waals surface area contributed by atoms with Gasteiger partial charge in [0.1, 0.15) is 12.4 Å². The summed E-state index contributed by atoms with van der Waals surface area (Å²) in [5.41, 5.74) is 2.73. The molecule has 1 aromatic carbocycles. The van der Waals surface area contributed by atoms with E-state index in [9.17, 15) is 4.79 Å². The van der Waals surface area contributed by atoms with Crippen molar-refractivity contribution in [2.75, 3.05) is 0 Å². The van der Waals surface area contributed by atoms with Crippen LogP contribution < -0.4 is 16.0 Å². The number of nitrogen functional groups attached to an aromatic ring is 1. The van der Waals surface area contributed by atoms with Crippen LogP contribution in [0.15, 0.2) is 34.1 Å². The van der Waals surface area contributed by atoms with Gasteiger partial charge in [0, 0.05) is 9.85 Å². The summed E-state index contributed by atoms with van der Waals surface area (Å²) in [7, 11) is 0. The highest BCUT2D eigenvalue weighted by Gasteiger charge is 2.09. The third kappa shape index (κ3) is 3.28. The zero-order valence-electron chi connectivity index (χ0n) is 9.22. The van der Waals surface area contributed by atoms with Gasteiger partial charge in [-0.15, -0.1) is 11.3 Å². The van der Waals surface area contributed by atoms with Crippen molar-refractivity contribution in [3.63, 3.8) is 0 Å². The molecule has 7 heteroatoms. The number of carbonyl (C=O) groups is 1. The summed E-state index contributed by atoms with van der Waals surface area (Å²) >= 11 is 4.59. The third-order valence-electron chi connectivity index (χ3n) is 2.06. The van der Waals surface area contributed by atoms with E-state index >= 15 is 0 Å². The number of carbonyl (C=O) groups excluding carboxylic acids is 1. The lowest BCUT2D eigenvalue weighted by Gasteiger charge is -2.03. The minimum Gasteiger partial charge on any atom is -0.487 e. The van der Waals surface area contributed by atoms with Gasteiger partial charge in [-0.1, -0.05) is 22.0 Å². The van der Waals surface area contributed by atoms with Gasteiger partial charge in [-0.3, -0.25) is 10.2 Å². The van der Waals surface area contributed by atoms with Gasteiger partial charge >= 0.3 is 0 Å². The molecule has 94 valence electrons. The largest absolute Gasteiger partial charge is 0.487 e. The molecule has 5 nitrogen and oxygen atoms in total. The molecule has 0 aliphatic rings. The average molecular weight is 328 g/mol. The second-order valence-corrected chi connectivity index (χ2v) is 5.14. The number of hydrogen-bond acceptors (Lipinski definition) is 5. The summed E-state index contributed by atoms with van der Waals surface area (Å²) < 4.78 is 6.50. The summed E-state index contributed by atoms with van der Waals surface area (Å²) in [6.45, 7) is 0.310. The van der Waals surface area contributed by atoms with Gasteiger partial charge in [0.05, 0.1) is 5.69 Å². The topological polar surface area (TPSA) is 77.2 Å². The van der Waals surface area contributed by atoms with E-state index in [1.165, 1.54) is 11.3 Å². The lowest BCUT2D eigenvalue weighted by Crippen LogP contribution is -2.29. The van der Waals surface area contributed by atoms with Crippen LogP contribution >= 0.6 is 27.3 Å². The van der Waals surface area contributed by atoms with Gasteiger partial charge in [0.15, 0.2) is 5.01 Å². The second-order valence-electron chi connectivity index (χ2n) is 3.36. The van der Waals surface area contributed by atoms with Crippen LogP contribution in [0.4, 0.5) is 0 Å². The van der Waals surface area contributed by atoms with Crippen LogP contribution in [0, 0.1) is 0 Å². The van der Waals surface area contributed by atoms with Crippen LogP contribution in [0.5, 0.6) is 5.75 Å². The molecule has 18 heavy (non-hydrogen) atoms. The van der Waals surface area contributed by atoms with Crippen LogP contribution in [-0.4, -0.2) is 10.9 Å². The van der Waals surface area contributed by atoms with E-state index in [0.29, 0.717) is 17.3 Å². The van der Waals surface area contributed by atoms with Crippen molar-refractivity contribution in [2.45, 2.75) is 6.61 Å². The molecule has 1 aromatic heterocycles. The Bertz CT molecular complexity index is 559. The van der Waals surface area contributed by atoms with E-state index in [0.717, 1.165) is 10.2 Å². The Kier molecular flexibility index (Phi) is 4.29. The fourth-order valence-corrected chi connectivity index (χ4v) is 2.34. The Morgan fingerprint density at radius 1 is 1.56 bits per heavy atom. The lowest BCUT2D eigenvalue weighted by molar-refractivity contribution is 0.0953. The fourth-order valence-electron chi connectivity index (χ4n) is 1.25. The number of aromatic nitrogens is 1. The number of amides is 1. The first kappa shape index (κ1) is 13.0. The van der Waals surface area contributed by atoms with Crippen molar-refractivity contribution >= 4 is 33.2 Å². The van der Waals surface area contributed by atoms with Crippen molar-refractivity contribution in [1.29, 1.82) is 0 Å². The minimum absolute atomic E-state index is 0.310. The predicted octanol–water partition coefficient (Wildman–Crippen LogP) is 2.09. The number of thiazole rings is 1. The Hall–Kier alpha value is -1.44. The number of benzene rings is 1. The summed E-state index contributed by atoms with van der Waals surface area (Å²) in [6, 6.07) is 7.51. The van der Waals surface area contributed by atoms with E-state index in [4.69, 9.17) is 10.6 Å². The number of nitrogens with two attached hydrogens (primary N) is 1. The smallest absolute Gasteiger partial charge is 0.294 e. The minimum atomic E-state index is -0.395. The molecule has 2 aromatic rings. The molecule has 0 spiro atoms. The van der Waals surface area contributed by atoms with Gasteiger partial charge in [-0.05, 0) is 18.2 Å². The molecular weight excluding hydrogens is 318 g/mol. The summed E-state index contributed by atoms with van der Waals surface area (Å²) in [5.74, 6) is 5.37. The molecule has 1 amide bonds. The van der Waals surface area contributed by atoms with Crippen LogP contribution in [0.3, 0.4) is 0 Å². The molecule has 0 radical (unpaired) electrons. The van der Waals surface area contributed by atoms with Crippen molar-refractivity contribution in [3.8, 4) is 5.75 Å². The lowest BCUT2D eigenvalue weighted by atomic mass is 10.3. The van der Waals surface area contributed by atoms with Crippen LogP contribution in [-0.2, 0) is 6.61 Å². The first-order valence-corrected chi connectivity index (χ1v) is 6.70. The molecule has 0 unspecified atom stereocenters. The molecule has 3 N–H and O–H groups in total. The Balaban J connectivity index is 1.98. The standard InChI is InChI=1S/C11H10BrN3O2S/c12-7-2-1-3-9(4-7)17-5-8-6-18-11(14-8)10(16)15-13/h1-4,6H,5,13H2,(H,15,16). The third-order valence-corrected chi connectivity index (χ3v) is 3.44. The highest BCUT2D eigenvalue weighted by atomic mass is 79.9. The first-order valence-electron chi connectivity index (χ1n) is 5.03. The Morgan fingerprint density at radius 2 is 2.39 bits per heavy atom. The van der Waals surface area contributed by atoms with Crippen LogP contribution in [0.2, 0.25) is 0 Å². The maximum absolute atomic E-state index is 11.2. The highest BCUT2D eigenvalue weighted by Crippen LogP contribution is 2.19. The van der Waals surface area contributed by atoms with E-state index in [1.807, 2.05) is 29.7 Å². The number of rotatable bonds is 4. The van der Waals surface area contributed by atoms with Gasteiger partial charge in [0.2, 0.25) is 0 Å². The molecular formula is C11H10BrN3O2S. The average Bonchev–Trinajstić information content (AvgIpc) is 2.84. The van der Waals surface area contributed by atoms with Crippen molar-refractivity contribution in [3.05, 3.63) is 44.8 Å². The summed E-state index contributed by atoms with van der Waals surface area (Å²) in [6.07, 6.45) is 0. The highest BCUT2D eigenvalue weighted by molar-refractivity contribution is 9.10. The van der Waals surface area contributed by atoms with Gasteiger partial charge in [-0.2, -0.15) is 0 Å². The van der Waals surface area contributed by atoms with Crippen LogP contribution in [0.1, 0.15) is 15.5 Å². The first-order chi connectivity index (χ1) is 8.69. The zero-order chi connectivity index (χ0) is 13.0. The van der Waals surface area contributed by atoms with E-state index < -0.39 is 5.91 Å². The molecule has 0 fully saturated rings. The zero-order valence-corrected chi connectivity index (χ0v) is 11.6. The summed E-state index contributed by atoms with van der Waals surface area (Å²) in [5, 5.41) is 2.09. The molecule has 0 saturated heterocycles. The molecule has 0 bridgehead atoms. The van der Waals surface area contributed by atoms with E-state index in [2.05, 4.69) is 20.9 Å². The van der Waals surface area contributed by atoms with Crippen LogP contribution in [0.25, 0.3) is 0 Å². The molecule has 0 saturated carbocycles. The van der Waals surface area contributed by atoms with E-state index in [-0.39, 0.29) is 0 Å². The van der Waals surface area contributed by atoms with E-state index in [1.54, 1.807) is 5.38 Å². The molecule has 1 heterocycles. The van der Waals surface area contributed by atoms with Gasteiger partial charge in [-0.25, -0.2) is 10.8 Å². The quantitative estimate of drug-likeness (QED) is 0.512. The fraction of sp³-hybridized carbons (Fsp3) is 0.0909. The Morgan fingerprint density at radius 3 is 3.11 bits per heavy atom. The number of nitrogens with one attached hydrogen (secondary N) is 1. The van der Waals surface area contributed by atoms with Crippen molar-refractivity contribution in [1.82, 2.24) is 10.4 Å². The predicted molar refractivity (Wildman–Crippen MR) is 72.2 cm³/mol. The van der Waals surface area contributed by atoms with Crippen molar-refractivity contribution < 1.29 is 9.53 Å². The number of nitrogens with zero attached hydrogens (tertiary/aromatic N) is 1. The van der Waals surface area contributed by atoms with Gasteiger partial charge < -0.3 is 4.74 Å². The summed E-state index contributed by atoms with van der Waals surface area (Å²) in [4.78, 5) is 15.3. The maximum atomic E-state index is 11.2. The maximum Gasteiger partial charge on any atom is 0.294 e. The molecule has 0 aliphatic heterocycles. The van der Waals surface area contributed by atoms with Crippen molar-refractivity contribution in [2.24, 2.45) is 5.84 Å². The monoisotopic (exact) mass is 327 g/mol. The molecule has 2 rings (SSSR count). The number of ether oxygens (including phenoxy) is 1.